The molecule has 0 aromatic heterocycles. The van der Waals surface area contributed by atoms with E-state index in [-0.39, 0.29) is 5.78 Å². The highest BCUT2D eigenvalue weighted by atomic mass is 32.2. The van der Waals surface area contributed by atoms with Gasteiger partial charge in [0.15, 0.2) is 22.2 Å². The second kappa shape index (κ2) is 6.46. The van der Waals surface area contributed by atoms with Gasteiger partial charge in [-0.1, -0.05) is 12.1 Å². The van der Waals surface area contributed by atoms with Crippen LogP contribution >= 0.6 is 0 Å². The molecular formula is C21H14F3O2S+. The van der Waals surface area contributed by atoms with Gasteiger partial charge in [-0.15, -0.1) is 0 Å². The summed E-state index contributed by atoms with van der Waals surface area (Å²) in [6, 6.07) is 17.9. The van der Waals surface area contributed by atoms with Crippen LogP contribution in [0, 0.1) is 0 Å². The summed E-state index contributed by atoms with van der Waals surface area (Å²) in [6.07, 6.45) is -4.37. The summed E-state index contributed by atoms with van der Waals surface area (Å²) in [4.78, 5) is 14.2. The van der Waals surface area contributed by atoms with Crippen molar-refractivity contribution >= 4 is 16.7 Å². The van der Waals surface area contributed by atoms with Gasteiger partial charge in [0.2, 0.25) is 9.79 Å². The molecule has 0 N–H and O–H groups in total. The van der Waals surface area contributed by atoms with Crippen molar-refractivity contribution < 1.29 is 22.7 Å². The summed E-state index contributed by atoms with van der Waals surface area (Å²) >= 11 is 0. The van der Waals surface area contributed by atoms with E-state index in [1.165, 1.54) is 19.1 Å². The Bertz CT molecular complexity index is 1030. The fraction of sp³-hybridized carbons (Fsp3) is 0.0952. The summed E-state index contributed by atoms with van der Waals surface area (Å²) in [6.45, 7) is 1.48. The number of alkyl halides is 3. The van der Waals surface area contributed by atoms with E-state index in [2.05, 4.69) is 0 Å². The van der Waals surface area contributed by atoms with Gasteiger partial charge >= 0.3 is 6.18 Å². The third-order valence-electron chi connectivity index (χ3n) is 4.28. The Kier molecular flexibility index (Phi) is 4.23. The van der Waals surface area contributed by atoms with Gasteiger partial charge in [-0.3, -0.25) is 4.79 Å². The maximum Gasteiger partial charge on any atom is 0.416 e. The number of para-hydroxylation sites is 1. The molecule has 0 aliphatic carbocycles. The number of fused-ring (bicyclic) bond motifs is 2. The van der Waals surface area contributed by atoms with Crippen LogP contribution in [0.1, 0.15) is 22.8 Å². The molecule has 0 saturated carbocycles. The highest BCUT2D eigenvalue weighted by Crippen LogP contribution is 2.47. The maximum absolute atomic E-state index is 12.9. The fourth-order valence-corrected chi connectivity index (χ4v) is 5.13. The number of hydrogen-bond acceptors (Lipinski definition) is 2. The topological polar surface area (TPSA) is 26.3 Å². The van der Waals surface area contributed by atoms with E-state index >= 15 is 0 Å². The first kappa shape index (κ1) is 17.7. The van der Waals surface area contributed by atoms with Crippen LogP contribution in [0.25, 0.3) is 0 Å². The van der Waals surface area contributed by atoms with Gasteiger partial charge in [-0.2, -0.15) is 13.2 Å². The lowest BCUT2D eigenvalue weighted by atomic mass is 10.1. The summed E-state index contributed by atoms with van der Waals surface area (Å²) in [5, 5.41) is 0. The highest BCUT2D eigenvalue weighted by molar-refractivity contribution is 7.97. The van der Waals surface area contributed by atoms with Crippen molar-refractivity contribution in [1.29, 1.82) is 0 Å². The Balaban J connectivity index is 1.86. The smallest absolute Gasteiger partial charge is 0.416 e. The molecular weight excluding hydrogens is 373 g/mol. The van der Waals surface area contributed by atoms with Gasteiger partial charge in [0.05, 0.1) is 5.56 Å². The molecule has 0 fully saturated rings. The highest BCUT2D eigenvalue weighted by Gasteiger charge is 2.40. The van der Waals surface area contributed by atoms with Crippen LogP contribution in [-0.4, -0.2) is 5.78 Å². The number of benzene rings is 3. The standard InChI is InChI=1S/C21H14F3O2S/c1-13(25)14-6-11-20-18(12-14)26-17-4-2-3-5-19(17)27(20)16-9-7-15(8-10-16)21(22,23)24/h2-12H,1H3/q+1. The molecule has 4 rings (SSSR count). The van der Waals surface area contributed by atoms with Crippen LogP contribution in [0.15, 0.2) is 81.4 Å². The molecule has 27 heavy (non-hydrogen) atoms. The summed E-state index contributed by atoms with van der Waals surface area (Å²) < 4.78 is 44.7. The molecule has 0 bridgehead atoms. The minimum atomic E-state index is -4.37. The molecule has 0 spiro atoms. The summed E-state index contributed by atoms with van der Waals surface area (Å²) in [5.74, 6) is 1.13. The second-order valence-corrected chi connectivity index (χ2v) is 8.06. The zero-order valence-corrected chi connectivity index (χ0v) is 15.0. The molecule has 3 aromatic carbocycles. The molecule has 2 nitrogen and oxygen atoms in total. The molecule has 0 amide bonds. The van der Waals surface area contributed by atoms with Crippen molar-refractivity contribution in [2.24, 2.45) is 0 Å². The van der Waals surface area contributed by atoms with E-state index < -0.39 is 22.6 Å². The summed E-state index contributed by atoms with van der Waals surface area (Å²) in [5.41, 5.74) is -0.146. The molecule has 1 aliphatic heterocycles. The van der Waals surface area contributed by atoms with Crippen molar-refractivity contribution in [2.45, 2.75) is 27.8 Å². The van der Waals surface area contributed by atoms with E-state index in [4.69, 9.17) is 4.74 Å². The third-order valence-corrected chi connectivity index (χ3v) is 6.57. The number of ether oxygens (including phenoxy) is 1. The number of Topliss-reactive ketones (excluding diaryl/α,β-unsaturated/α-hetero) is 1. The first-order valence-electron chi connectivity index (χ1n) is 8.18. The van der Waals surface area contributed by atoms with Gasteiger partial charge in [-0.25, -0.2) is 0 Å². The number of carbonyl (C=O) groups is 1. The molecule has 1 atom stereocenters. The lowest BCUT2D eigenvalue weighted by Gasteiger charge is -2.20. The first-order valence-corrected chi connectivity index (χ1v) is 9.40. The zero-order valence-electron chi connectivity index (χ0n) is 14.2. The number of carbonyl (C=O) groups excluding carboxylic acids is 1. The van der Waals surface area contributed by atoms with Gasteiger partial charge < -0.3 is 4.74 Å². The lowest BCUT2D eigenvalue weighted by molar-refractivity contribution is -0.137. The van der Waals surface area contributed by atoms with E-state index in [1.807, 2.05) is 30.3 Å². The van der Waals surface area contributed by atoms with E-state index in [1.54, 1.807) is 12.1 Å². The van der Waals surface area contributed by atoms with Crippen LogP contribution in [0.5, 0.6) is 11.5 Å². The van der Waals surface area contributed by atoms with Crippen LogP contribution in [-0.2, 0) is 17.1 Å². The van der Waals surface area contributed by atoms with Crippen LogP contribution in [0.4, 0.5) is 13.2 Å². The van der Waals surface area contributed by atoms with E-state index in [0.29, 0.717) is 17.1 Å². The maximum atomic E-state index is 12.9. The minimum absolute atomic E-state index is 0.0744. The van der Waals surface area contributed by atoms with Gasteiger partial charge in [0, 0.05) is 5.56 Å². The summed E-state index contributed by atoms with van der Waals surface area (Å²) in [7, 11) is -0.618. The average Bonchev–Trinajstić information content (AvgIpc) is 2.65. The van der Waals surface area contributed by atoms with Crippen molar-refractivity contribution in [3.8, 4) is 11.5 Å². The van der Waals surface area contributed by atoms with Crippen molar-refractivity contribution in [2.75, 3.05) is 0 Å². The second-order valence-electron chi connectivity index (χ2n) is 6.09. The van der Waals surface area contributed by atoms with Gasteiger partial charge in [-0.05, 0) is 61.5 Å². The Morgan fingerprint density at radius 2 is 1.56 bits per heavy atom. The number of hydrogen-bond donors (Lipinski definition) is 0. The van der Waals surface area contributed by atoms with Crippen molar-refractivity contribution in [3.63, 3.8) is 0 Å². The number of ketones is 1. The minimum Gasteiger partial charge on any atom is -0.447 e. The molecule has 1 unspecified atom stereocenters. The molecule has 1 heterocycles. The van der Waals surface area contributed by atoms with Crippen LogP contribution in [0.2, 0.25) is 0 Å². The molecule has 1 aliphatic rings. The first-order chi connectivity index (χ1) is 12.8. The lowest BCUT2D eigenvalue weighted by Crippen LogP contribution is -2.13. The fourth-order valence-electron chi connectivity index (χ4n) is 2.95. The van der Waals surface area contributed by atoms with E-state index in [9.17, 15) is 18.0 Å². The third kappa shape index (κ3) is 3.21. The van der Waals surface area contributed by atoms with Crippen molar-refractivity contribution in [1.82, 2.24) is 0 Å². The Hall–Kier alpha value is -2.73. The quantitative estimate of drug-likeness (QED) is 0.306. The number of rotatable bonds is 2. The number of halogens is 3. The monoisotopic (exact) mass is 387 g/mol. The predicted octanol–water partition coefficient (Wildman–Crippen LogP) is 6.11. The molecule has 136 valence electrons. The molecule has 3 aromatic rings. The molecule has 6 heteroatoms. The van der Waals surface area contributed by atoms with Crippen LogP contribution < -0.4 is 4.74 Å². The molecule has 0 saturated heterocycles. The van der Waals surface area contributed by atoms with Crippen LogP contribution in [0.3, 0.4) is 0 Å². The van der Waals surface area contributed by atoms with E-state index in [0.717, 1.165) is 26.8 Å². The average molecular weight is 387 g/mol. The van der Waals surface area contributed by atoms with Gasteiger partial charge in [0.1, 0.15) is 10.9 Å². The predicted molar refractivity (Wildman–Crippen MR) is 96.6 cm³/mol. The Morgan fingerprint density at radius 1 is 0.889 bits per heavy atom. The Labute approximate surface area is 156 Å². The molecule has 0 radical (unpaired) electrons. The normalized spacial score (nSPS) is 15.5. The van der Waals surface area contributed by atoms with Gasteiger partial charge in [0.25, 0.3) is 0 Å². The van der Waals surface area contributed by atoms with Crippen molar-refractivity contribution in [3.05, 3.63) is 77.9 Å². The zero-order chi connectivity index (χ0) is 19.2. The Morgan fingerprint density at radius 3 is 2.22 bits per heavy atom. The largest absolute Gasteiger partial charge is 0.447 e. The SMILES string of the molecule is CC(=O)c1ccc2c(c1)Oc1ccccc1[S+]2c1ccc(C(F)(F)F)cc1.